The van der Waals surface area contributed by atoms with Crippen LogP contribution in [0.5, 0.6) is 5.75 Å². The van der Waals surface area contributed by atoms with Gasteiger partial charge in [-0.2, -0.15) is 23.3 Å². The van der Waals surface area contributed by atoms with Gasteiger partial charge in [0.1, 0.15) is 5.75 Å². The number of alkyl halides is 3. The summed E-state index contributed by atoms with van der Waals surface area (Å²) in [6, 6.07) is 8.07. The number of phenols is 1. The first-order valence-corrected chi connectivity index (χ1v) is 7.31. The molecule has 10 heteroatoms. The van der Waals surface area contributed by atoms with Crippen LogP contribution >= 0.6 is 0 Å². The number of aromatic nitrogens is 4. The van der Waals surface area contributed by atoms with Crippen molar-refractivity contribution in [1.29, 1.82) is 0 Å². The van der Waals surface area contributed by atoms with Crippen molar-refractivity contribution in [3.8, 4) is 28.6 Å². The number of nitrogens with zero attached hydrogens (tertiary/aromatic N) is 3. The normalized spacial score (nSPS) is 12.0. The molecular weight excluding hydrogens is 351 g/mol. The van der Waals surface area contributed by atoms with Gasteiger partial charge in [0.25, 0.3) is 5.89 Å². The zero-order valence-corrected chi connectivity index (χ0v) is 12.9. The number of benzene rings is 2. The SMILES string of the molecule is Nc1n[nH]c2cc(-c3noc(-c4ccc(O)c(C(F)(F)F)c4)n3)ccc12. The molecule has 2 heterocycles. The molecule has 0 saturated heterocycles. The van der Waals surface area contributed by atoms with Gasteiger partial charge in [0, 0.05) is 16.5 Å². The second-order valence-corrected chi connectivity index (χ2v) is 5.52. The lowest BCUT2D eigenvalue weighted by Gasteiger charge is -2.09. The number of nitrogens with two attached hydrogens (primary N) is 1. The molecular formula is C16H10F3N5O2. The van der Waals surface area contributed by atoms with Gasteiger partial charge in [-0.25, -0.2) is 0 Å². The molecule has 0 fully saturated rings. The monoisotopic (exact) mass is 361 g/mol. The summed E-state index contributed by atoms with van der Waals surface area (Å²) in [6.07, 6.45) is -4.70. The molecule has 4 N–H and O–H groups in total. The molecule has 0 unspecified atom stereocenters. The Labute approximate surface area is 143 Å². The van der Waals surface area contributed by atoms with Crippen LogP contribution in [0.1, 0.15) is 5.56 Å². The molecule has 0 aliphatic rings. The average molecular weight is 361 g/mol. The molecule has 0 atom stereocenters. The number of nitrogens with one attached hydrogen (secondary N) is 1. The van der Waals surface area contributed by atoms with Crippen LogP contribution in [0.4, 0.5) is 19.0 Å². The molecule has 0 saturated carbocycles. The predicted octanol–water partition coefficient (Wildman–Crippen LogP) is 3.59. The Morgan fingerprint density at radius 3 is 2.62 bits per heavy atom. The highest BCUT2D eigenvalue weighted by molar-refractivity contribution is 5.91. The van der Waals surface area contributed by atoms with E-state index < -0.39 is 17.5 Å². The van der Waals surface area contributed by atoms with Crippen LogP contribution in [0.2, 0.25) is 0 Å². The van der Waals surface area contributed by atoms with Crippen molar-refractivity contribution in [2.75, 3.05) is 5.73 Å². The predicted molar refractivity (Wildman–Crippen MR) is 85.9 cm³/mol. The molecule has 0 aliphatic carbocycles. The minimum atomic E-state index is -4.70. The zero-order chi connectivity index (χ0) is 18.5. The summed E-state index contributed by atoms with van der Waals surface area (Å²) >= 11 is 0. The highest BCUT2D eigenvalue weighted by Crippen LogP contribution is 2.38. The summed E-state index contributed by atoms with van der Waals surface area (Å²) in [6.45, 7) is 0. The maximum atomic E-state index is 12.9. The van der Waals surface area contributed by atoms with E-state index in [0.717, 1.165) is 17.5 Å². The molecule has 0 bridgehead atoms. The first-order valence-electron chi connectivity index (χ1n) is 7.31. The van der Waals surface area contributed by atoms with Crippen LogP contribution in [0, 0.1) is 0 Å². The lowest BCUT2D eigenvalue weighted by molar-refractivity contribution is -0.138. The summed E-state index contributed by atoms with van der Waals surface area (Å²) in [7, 11) is 0. The largest absolute Gasteiger partial charge is 0.507 e. The van der Waals surface area contributed by atoms with Gasteiger partial charge < -0.3 is 15.4 Å². The van der Waals surface area contributed by atoms with Crippen molar-refractivity contribution >= 4 is 16.7 Å². The van der Waals surface area contributed by atoms with E-state index in [4.69, 9.17) is 10.3 Å². The fourth-order valence-electron chi connectivity index (χ4n) is 2.53. The standard InChI is InChI=1S/C16H10F3N5O2/c17-16(18,19)10-5-8(2-4-12(10)25)15-21-14(24-26-15)7-1-3-9-11(6-7)22-23-13(9)20/h1-6,25H,(H3,20,22,23). The van der Waals surface area contributed by atoms with Gasteiger partial charge in [-0.1, -0.05) is 11.2 Å². The van der Waals surface area contributed by atoms with Crippen molar-refractivity contribution in [3.63, 3.8) is 0 Å². The van der Waals surface area contributed by atoms with Gasteiger partial charge in [-0.15, -0.1) is 0 Å². The number of phenolic OH excluding ortho intramolecular Hbond substituents is 1. The molecule has 0 aliphatic heterocycles. The van der Waals surface area contributed by atoms with E-state index in [1.807, 2.05) is 0 Å². The van der Waals surface area contributed by atoms with Crippen molar-refractivity contribution in [3.05, 3.63) is 42.0 Å². The first-order chi connectivity index (χ1) is 12.3. The molecule has 26 heavy (non-hydrogen) atoms. The molecule has 4 aromatic rings. The van der Waals surface area contributed by atoms with Gasteiger partial charge in [-0.05, 0) is 30.3 Å². The Balaban J connectivity index is 1.73. The maximum absolute atomic E-state index is 12.9. The number of H-pyrrole nitrogens is 1. The number of aromatic hydroxyl groups is 1. The van der Waals surface area contributed by atoms with Gasteiger partial charge in [0.05, 0.1) is 11.1 Å². The fourth-order valence-corrected chi connectivity index (χ4v) is 2.53. The third kappa shape index (κ3) is 2.61. The first kappa shape index (κ1) is 15.9. The number of nitrogen functional groups attached to an aromatic ring is 1. The van der Waals surface area contributed by atoms with Crippen LogP contribution in [0.3, 0.4) is 0 Å². The summed E-state index contributed by atoms with van der Waals surface area (Å²) in [4.78, 5) is 4.12. The topological polar surface area (TPSA) is 114 Å². The van der Waals surface area contributed by atoms with E-state index in [2.05, 4.69) is 20.3 Å². The molecule has 4 rings (SSSR count). The third-order valence-electron chi connectivity index (χ3n) is 3.83. The highest BCUT2D eigenvalue weighted by Gasteiger charge is 2.34. The molecule has 2 aromatic heterocycles. The maximum Gasteiger partial charge on any atom is 0.419 e. The van der Waals surface area contributed by atoms with E-state index in [1.165, 1.54) is 6.07 Å². The van der Waals surface area contributed by atoms with Crippen LogP contribution < -0.4 is 5.73 Å². The van der Waals surface area contributed by atoms with Crippen molar-refractivity contribution in [2.45, 2.75) is 6.18 Å². The summed E-state index contributed by atoms with van der Waals surface area (Å²) < 4.78 is 43.8. The number of fused-ring (bicyclic) bond motifs is 1. The quantitative estimate of drug-likeness (QED) is 0.503. The minimum absolute atomic E-state index is 0.0423. The Kier molecular flexibility index (Phi) is 3.36. The smallest absolute Gasteiger partial charge is 0.419 e. The molecule has 0 amide bonds. The lowest BCUT2D eigenvalue weighted by Crippen LogP contribution is -2.05. The van der Waals surface area contributed by atoms with Gasteiger partial charge in [0.15, 0.2) is 5.82 Å². The Morgan fingerprint density at radius 1 is 1.08 bits per heavy atom. The van der Waals surface area contributed by atoms with E-state index in [-0.39, 0.29) is 17.3 Å². The number of aromatic amines is 1. The van der Waals surface area contributed by atoms with E-state index in [1.54, 1.807) is 18.2 Å². The number of hydrogen-bond donors (Lipinski definition) is 3. The zero-order valence-electron chi connectivity index (χ0n) is 12.9. The molecule has 0 radical (unpaired) electrons. The number of rotatable bonds is 2. The van der Waals surface area contributed by atoms with Crippen molar-refractivity contribution < 1.29 is 22.8 Å². The number of anilines is 1. The summed E-state index contributed by atoms with van der Waals surface area (Å²) in [5.74, 6) is -0.432. The Hall–Kier alpha value is -3.56. The van der Waals surface area contributed by atoms with Crippen LogP contribution in [-0.4, -0.2) is 25.4 Å². The number of hydrogen-bond acceptors (Lipinski definition) is 6. The van der Waals surface area contributed by atoms with E-state index >= 15 is 0 Å². The minimum Gasteiger partial charge on any atom is -0.507 e. The van der Waals surface area contributed by atoms with Gasteiger partial charge in [0.2, 0.25) is 5.82 Å². The molecule has 0 spiro atoms. The highest BCUT2D eigenvalue weighted by atomic mass is 19.4. The fraction of sp³-hybridized carbons (Fsp3) is 0.0625. The summed E-state index contributed by atoms with van der Waals surface area (Å²) in [5.41, 5.74) is 5.81. The van der Waals surface area contributed by atoms with Crippen LogP contribution in [0.15, 0.2) is 40.9 Å². The van der Waals surface area contributed by atoms with Gasteiger partial charge >= 0.3 is 6.18 Å². The average Bonchev–Trinajstić information content (AvgIpc) is 3.21. The van der Waals surface area contributed by atoms with Crippen molar-refractivity contribution in [2.24, 2.45) is 0 Å². The van der Waals surface area contributed by atoms with Crippen LogP contribution in [-0.2, 0) is 6.18 Å². The van der Waals surface area contributed by atoms with E-state index in [0.29, 0.717) is 16.9 Å². The summed E-state index contributed by atoms with van der Waals surface area (Å²) in [5, 5.41) is 20.6. The third-order valence-corrected chi connectivity index (χ3v) is 3.83. The second-order valence-electron chi connectivity index (χ2n) is 5.52. The van der Waals surface area contributed by atoms with Gasteiger partial charge in [-0.3, -0.25) is 5.10 Å². The van der Waals surface area contributed by atoms with Crippen molar-refractivity contribution in [1.82, 2.24) is 20.3 Å². The molecule has 2 aromatic carbocycles. The van der Waals surface area contributed by atoms with Crippen LogP contribution in [0.25, 0.3) is 33.7 Å². The molecule has 132 valence electrons. The second kappa shape index (κ2) is 5.48. The Morgan fingerprint density at radius 2 is 1.85 bits per heavy atom. The Bertz CT molecular complexity index is 1120. The lowest BCUT2D eigenvalue weighted by atomic mass is 10.1. The number of halogens is 3. The van der Waals surface area contributed by atoms with E-state index in [9.17, 15) is 18.3 Å². The molecule has 7 nitrogen and oxygen atoms in total.